The lowest BCUT2D eigenvalue weighted by Crippen LogP contribution is -2.13. The van der Waals surface area contributed by atoms with Crippen LogP contribution in [0.25, 0.3) is 11.1 Å². The number of carbonyl (C=O) groups excluding carboxylic acids is 1. The predicted molar refractivity (Wildman–Crippen MR) is 94.0 cm³/mol. The number of nitrogens with one attached hydrogen (secondary N) is 2. The Kier molecular flexibility index (Phi) is 4.81. The highest BCUT2D eigenvalue weighted by Gasteiger charge is 2.08. The molecule has 2 aromatic carbocycles. The Morgan fingerprint density at radius 1 is 1.00 bits per heavy atom. The van der Waals surface area contributed by atoms with Gasteiger partial charge in [-0.15, -0.1) is 0 Å². The van der Waals surface area contributed by atoms with Crippen molar-refractivity contribution in [2.75, 3.05) is 17.3 Å². The maximum Gasteiger partial charge on any atom is 0.255 e. The third-order valence-corrected chi connectivity index (χ3v) is 3.43. The van der Waals surface area contributed by atoms with Crippen LogP contribution in [0.1, 0.15) is 0 Å². The average molecular weight is 321 g/mol. The highest BCUT2D eigenvalue weighted by Crippen LogP contribution is 2.30. The lowest BCUT2D eigenvalue weighted by atomic mass is 10.0. The molecule has 0 spiro atoms. The van der Waals surface area contributed by atoms with Crippen molar-refractivity contribution >= 4 is 23.1 Å². The van der Waals surface area contributed by atoms with E-state index in [1.165, 1.54) is 0 Å². The monoisotopic (exact) mass is 321 g/mol. The number of rotatable bonds is 5. The molecule has 5 heteroatoms. The Balaban J connectivity index is 1.90. The van der Waals surface area contributed by atoms with Crippen LogP contribution in [0.2, 0.25) is 0 Å². The zero-order valence-electron chi connectivity index (χ0n) is 12.9. The van der Waals surface area contributed by atoms with Gasteiger partial charge in [0.2, 0.25) is 0 Å². The average Bonchev–Trinajstić information content (AvgIpc) is 2.63. The molecule has 120 valence electrons. The van der Waals surface area contributed by atoms with Crippen LogP contribution in [-0.4, -0.2) is 17.6 Å². The molecule has 0 unspecified atom stereocenters. The zero-order chi connectivity index (χ0) is 16.8. The van der Waals surface area contributed by atoms with Crippen LogP contribution in [0, 0.1) is 0 Å². The zero-order valence-corrected chi connectivity index (χ0v) is 12.9. The molecule has 2 N–H and O–H groups in total. The van der Waals surface area contributed by atoms with Gasteiger partial charge < -0.3 is 10.6 Å². The summed E-state index contributed by atoms with van der Waals surface area (Å²) in [5.41, 5.74) is 3.18. The SMILES string of the molecule is O=C(CF)Nc1ccccc1-c1cccc(Nc2ccccn2)c1. The normalized spacial score (nSPS) is 10.2. The molecular weight excluding hydrogens is 305 g/mol. The largest absolute Gasteiger partial charge is 0.340 e. The van der Waals surface area contributed by atoms with Crippen LogP contribution in [0.4, 0.5) is 21.6 Å². The van der Waals surface area contributed by atoms with E-state index < -0.39 is 12.6 Å². The van der Waals surface area contributed by atoms with E-state index in [0.717, 1.165) is 22.6 Å². The molecule has 24 heavy (non-hydrogen) atoms. The standard InChI is InChI=1S/C19H16FN3O/c20-13-19(24)23-17-9-2-1-8-16(17)14-6-5-7-15(12-14)22-18-10-3-4-11-21-18/h1-12H,13H2,(H,21,22)(H,23,24). The van der Waals surface area contributed by atoms with Crippen LogP contribution in [0.3, 0.4) is 0 Å². The van der Waals surface area contributed by atoms with Crippen LogP contribution in [0.5, 0.6) is 0 Å². The number of amides is 1. The molecule has 0 radical (unpaired) electrons. The van der Waals surface area contributed by atoms with E-state index in [-0.39, 0.29) is 0 Å². The van der Waals surface area contributed by atoms with Gasteiger partial charge in [-0.05, 0) is 35.9 Å². The summed E-state index contributed by atoms with van der Waals surface area (Å²) >= 11 is 0. The molecule has 0 bridgehead atoms. The number of hydrogen-bond acceptors (Lipinski definition) is 3. The van der Waals surface area contributed by atoms with Crippen LogP contribution in [-0.2, 0) is 4.79 Å². The molecule has 3 rings (SSSR count). The fourth-order valence-electron chi connectivity index (χ4n) is 2.38. The van der Waals surface area contributed by atoms with Gasteiger partial charge in [0.05, 0.1) is 0 Å². The number of alkyl halides is 1. The minimum atomic E-state index is -1.05. The van der Waals surface area contributed by atoms with E-state index in [9.17, 15) is 9.18 Å². The van der Waals surface area contributed by atoms with E-state index in [1.807, 2.05) is 54.6 Å². The third kappa shape index (κ3) is 3.76. The lowest BCUT2D eigenvalue weighted by molar-refractivity contribution is -0.117. The van der Waals surface area contributed by atoms with Gasteiger partial charge in [0.25, 0.3) is 5.91 Å². The van der Waals surface area contributed by atoms with Crippen LogP contribution in [0.15, 0.2) is 72.9 Å². The molecule has 0 aliphatic heterocycles. The molecule has 4 nitrogen and oxygen atoms in total. The highest BCUT2D eigenvalue weighted by molar-refractivity contribution is 5.96. The molecule has 1 amide bonds. The Bertz CT molecular complexity index is 837. The Morgan fingerprint density at radius 2 is 1.83 bits per heavy atom. The van der Waals surface area contributed by atoms with Crippen molar-refractivity contribution in [3.63, 3.8) is 0 Å². The van der Waals surface area contributed by atoms with Gasteiger partial charge in [-0.3, -0.25) is 4.79 Å². The maximum absolute atomic E-state index is 12.5. The third-order valence-electron chi connectivity index (χ3n) is 3.43. The number of pyridine rings is 1. The Labute approximate surface area is 139 Å². The van der Waals surface area contributed by atoms with Gasteiger partial charge in [-0.2, -0.15) is 0 Å². The van der Waals surface area contributed by atoms with Gasteiger partial charge >= 0.3 is 0 Å². The molecule has 0 saturated heterocycles. The van der Waals surface area contributed by atoms with Gasteiger partial charge in [-0.25, -0.2) is 9.37 Å². The summed E-state index contributed by atoms with van der Waals surface area (Å²) in [7, 11) is 0. The number of hydrogen-bond donors (Lipinski definition) is 2. The molecule has 0 atom stereocenters. The summed E-state index contributed by atoms with van der Waals surface area (Å²) in [6, 6.07) is 20.7. The summed E-state index contributed by atoms with van der Waals surface area (Å²) in [6.45, 7) is -1.05. The van der Waals surface area contributed by atoms with Crippen LogP contribution < -0.4 is 10.6 Å². The summed E-state index contributed by atoms with van der Waals surface area (Å²) < 4.78 is 12.5. The quantitative estimate of drug-likeness (QED) is 0.732. The second kappa shape index (κ2) is 7.37. The van der Waals surface area contributed by atoms with Crippen molar-refractivity contribution in [1.29, 1.82) is 0 Å². The fraction of sp³-hybridized carbons (Fsp3) is 0.0526. The second-order valence-electron chi connectivity index (χ2n) is 5.15. The second-order valence-corrected chi connectivity index (χ2v) is 5.15. The van der Waals surface area contributed by atoms with E-state index in [1.54, 1.807) is 18.3 Å². The Hall–Kier alpha value is -3.21. The lowest BCUT2D eigenvalue weighted by Gasteiger charge is -2.12. The van der Waals surface area contributed by atoms with Gasteiger partial charge in [0.1, 0.15) is 5.82 Å². The van der Waals surface area contributed by atoms with E-state index in [2.05, 4.69) is 15.6 Å². The van der Waals surface area contributed by atoms with E-state index >= 15 is 0 Å². The minimum Gasteiger partial charge on any atom is -0.340 e. The summed E-state index contributed by atoms with van der Waals surface area (Å²) in [6.07, 6.45) is 1.72. The molecule has 1 heterocycles. The van der Waals surface area contributed by atoms with Gasteiger partial charge in [-0.1, -0.05) is 36.4 Å². The van der Waals surface area contributed by atoms with Crippen LogP contribution >= 0.6 is 0 Å². The number of benzene rings is 2. The molecule has 3 aromatic rings. The number of nitrogens with zero attached hydrogens (tertiary/aromatic N) is 1. The Morgan fingerprint density at radius 3 is 2.62 bits per heavy atom. The summed E-state index contributed by atoms with van der Waals surface area (Å²) in [5, 5.41) is 5.81. The number of anilines is 3. The molecular formula is C19H16FN3O. The van der Waals surface area contributed by atoms with Crippen molar-refractivity contribution in [3.8, 4) is 11.1 Å². The van der Waals surface area contributed by atoms with E-state index in [0.29, 0.717) is 5.69 Å². The fourth-order valence-corrected chi connectivity index (χ4v) is 2.38. The van der Waals surface area contributed by atoms with Crippen molar-refractivity contribution in [2.45, 2.75) is 0 Å². The molecule has 1 aromatic heterocycles. The summed E-state index contributed by atoms with van der Waals surface area (Å²) in [4.78, 5) is 15.6. The number of carbonyl (C=O) groups is 1. The van der Waals surface area contributed by atoms with Gasteiger partial charge in [0.15, 0.2) is 6.67 Å². The van der Waals surface area contributed by atoms with Crippen molar-refractivity contribution in [1.82, 2.24) is 4.98 Å². The van der Waals surface area contributed by atoms with Crippen molar-refractivity contribution < 1.29 is 9.18 Å². The number of para-hydroxylation sites is 1. The predicted octanol–water partition coefficient (Wildman–Crippen LogP) is 4.40. The van der Waals surface area contributed by atoms with E-state index in [4.69, 9.17) is 0 Å². The number of halogens is 1. The molecule has 0 saturated carbocycles. The number of aromatic nitrogens is 1. The van der Waals surface area contributed by atoms with Gasteiger partial charge in [0, 0.05) is 23.1 Å². The smallest absolute Gasteiger partial charge is 0.255 e. The molecule has 0 fully saturated rings. The first-order chi connectivity index (χ1) is 11.8. The topological polar surface area (TPSA) is 54.0 Å². The van der Waals surface area contributed by atoms with Crippen molar-refractivity contribution in [3.05, 3.63) is 72.9 Å². The minimum absolute atomic E-state index is 0.579. The first-order valence-electron chi connectivity index (χ1n) is 7.49. The highest BCUT2D eigenvalue weighted by atomic mass is 19.1. The van der Waals surface area contributed by atoms with Crippen molar-refractivity contribution in [2.24, 2.45) is 0 Å². The first kappa shape index (κ1) is 15.7. The maximum atomic E-state index is 12.5. The first-order valence-corrected chi connectivity index (χ1v) is 7.49. The molecule has 0 aliphatic rings. The summed E-state index contributed by atoms with van der Waals surface area (Å²) in [5.74, 6) is 0.0823. The molecule has 0 aliphatic carbocycles.